The van der Waals surface area contributed by atoms with Gasteiger partial charge in [-0.15, -0.1) is 29.1 Å². The van der Waals surface area contributed by atoms with E-state index in [1.54, 1.807) is 0 Å². The van der Waals surface area contributed by atoms with Crippen LogP contribution in [0.5, 0.6) is 0 Å². The van der Waals surface area contributed by atoms with Gasteiger partial charge < -0.3 is 9.52 Å². The Kier molecular flexibility index (Phi) is 11.8. The summed E-state index contributed by atoms with van der Waals surface area (Å²) in [5.41, 5.74) is 6.79. The van der Waals surface area contributed by atoms with Crippen LogP contribution in [-0.4, -0.2) is 20.9 Å². The average molecular weight is 836 g/mol. The van der Waals surface area contributed by atoms with Gasteiger partial charge in [-0.2, -0.15) is 0 Å². The van der Waals surface area contributed by atoms with Crippen LogP contribution in [0.4, 0.5) is 0 Å². The van der Waals surface area contributed by atoms with Crippen LogP contribution < -0.4 is 0 Å². The van der Waals surface area contributed by atoms with Gasteiger partial charge in [-0.25, -0.2) is 0 Å². The summed E-state index contributed by atoms with van der Waals surface area (Å²) in [4.78, 5) is 21.6. The molecule has 5 aromatic rings. The molecule has 0 fully saturated rings. The Morgan fingerprint density at radius 3 is 2.14 bits per heavy atom. The second kappa shape index (κ2) is 15.1. The van der Waals surface area contributed by atoms with E-state index in [0.29, 0.717) is 0 Å². The summed E-state index contributed by atoms with van der Waals surface area (Å²) in [7, 11) is 0. The molecule has 0 spiro atoms. The van der Waals surface area contributed by atoms with Crippen molar-refractivity contribution >= 4 is 27.5 Å². The predicted molar refractivity (Wildman–Crippen MR) is 198 cm³/mol. The van der Waals surface area contributed by atoms with Gasteiger partial charge in [-0.1, -0.05) is 97.5 Å². The molecule has 0 saturated heterocycles. The van der Waals surface area contributed by atoms with Crippen molar-refractivity contribution in [3.05, 3.63) is 95.5 Å². The van der Waals surface area contributed by atoms with E-state index in [1.807, 2.05) is 60.0 Å². The van der Waals surface area contributed by atoms with Gasteiger partial charge in [0.2, 0.25) is 0 Å². The molecule has 0 unspecified atom stereocenters. The molecule has 1 N–H and O–H groups in total. The molecule has 261 valence electrons. The smallest absolute Gasteiger partial charge is 0.164 e. The Morgan fingerprint density at radius 1 is 0.837 bits per heavy atom. The fourth-order valence-corrected chi connectivity index (χ4v) is 6.47. The number of ketones is 1. The van der Waals surface area contributed by atoms with Crippen LogP contribution in [0.1, 0.15) is 105 Å². The topological polar surface area (TPSA) is 76.2 Å². The molecule has 1 radical (unpaired) electrons. The molecule has 2 aromatic carbocycles. The second-order valence-electron chi connectivity index (χ2n) is 14.8. The molecule has 0 atom stereocenters. The summed E-state index contributed by atoms with van der Waals surface area (Å²) in [6.45, 7) is 18.8. The Bertz CT molecular complexity index is 1970. The Labute approximate surface area is 306 Å². The van der Waals surface area contributed by atoms with Crippen molar-refractivity contribution < 1.29 is 34.4 Å². The van der Waals surface area contributed by atoms with Crippen molar-refractivity contribution in [2.45, 2.75) is 106 Å². The SMILES string of the molecule is CC(C)(C)c1cc(-c2nccc3c4c(oc23)-c2ncccc2CC4)[c-]c2ccccc12.CCC(C)(CC)C(=O)/C=C(\O)C(C)(CC)CC.[Ir]. The summed E-state index contributed by atoms with van der Waals surface area (Å²) in [6, 6.07) is 20.5. The number of carbonyl (C=O) groups is 1. The zero-order valence-electron chi connectivity index (χ0n) is 30.6. The molecule has 6 rings (SSSR count). The van der Waals surface area contributed by atoms with E-state index in [2.05, 4.69) is 74.3 Å². The number of allylic oxidation sites excluding steroid dienone is 2. The van der Waals surface area contributed by atoms with Crippen LogP contribution in [0.15, 0.2) is 77.2 Å². The molecule has 0 saturated carbocycles. The van der Waals surface area contributed by atoms with E-state index in [4.69, 9.17) is 9.40 Å². The number of aliphatic hydroxyl groups excluding tert-OH is 1. The van der Waals surface area contributed by atoms with Crippen molar-refractivity contribution in [2.75, 3.05) is 0 Å². The van der Waals surface area contributed by atoms with Gasteiger partial charge in [0.05, 0.1) is 0 Å². The van der Waals surface area contributed by atoms with E-state index >= 15 is 0 Å². The fourth-order valence-electron chi connectivity index (χ4n) is 6.47. The number of furan rings is 1. The quantitative estimate of drug-likeness (QED) is 0.0957. The maximum Gasteiger partial charge on any atom is 0.164 e. The van der Waals surface area contributed by atoms with E-state index in [0.717, 1.165) is 77.6 Å². The van der Waals surface area contributed by atoms with Gasteiger partial charge in [-0.3, -0.25) is 14.8 Å². The molecule has 3 aromatic heterocycles. The zero-order chi connectivity index (χ0) is 34.9. The van der Waals surface area contributed by atoms with Gasteiger partial charge in [0, 0.05) is 66.0 Å². The summed E-state index contributed by atoms with van der Waals surface area (Å²) in [6.07, 6.45) is 10.4. The first-order valence-electron chi connectivity index (χ1n) is 17.6. The predicted octanol–water partition coefficient (Wildman–Crippen LogP) is 11.6. The standard InChI is InChI=1S/C28H23N2O.C15H28O2.Ir/c1-28(2,3)23-16-19(15-18-7-4-5-9-20(18)23)25-27-22(12-14-30-25)21-11-10-17-8-6-13-29-24(17)26(21)31-27;1-7-14(5,8-2)12(16)11-13(17)15(6,9-3)10-4;/h4-9,12-14,16H,10-11H2,1-3H3;11,16H,7-10H2,1-6H3;/q-1;;/b;12-11-;. The largest absolute Gasteiger partial charge is 0.512 e. The number of fused-ring (bicyclic) bond motifs is 6. The van der Waals surface area contributed by atoms with Crippen molar-refractivity contribution in [3.8, 4) is 22.7 Å². The minimum Gasteiger partial charge on any atom is -0.512 e. The number of aromatic nitrogens is 2. The monoisotopic (exact) mass is 836 g/mol. The van der Waals surface area contributed by atoms with Gasteiger partial charge in [-0.05, 0) is 61.6 Å². The number of nitrogens with zero attached hydrogens (tertiary/aromatic N) is 2. The number of rotatable bonds is 8. The molecule has 0 aliphatic heterocycles. The number of hydrogen-bond acceptors (Lipinski definition) is 5. The first-order chi connectivity index (χ1) is 22.8. The summed E-state index contributed by atoms with van der Waals surface area (Å²) in [5.74, 6) is 1.18. The summed E-state index contributed by atoms with van der Waals surface area (Å²) < 4.78 is 6.50. The minimum atomic E-state index is -0.337. The van der Waals surface area contributed by atoms with Crippen molar-refractivity contribution in [2.24, 2.45) is 10.8 Å². The zero-order valence-corrected chi connectivity index (χ0v) is 33.0. The van der Waals surface area contributed by atoms with Crippen molar-refractivity contribution in [3.63, 3.8) is 0 Å². The molecular weight excluding hydrogens is 785 g/mol. The molecule has 5 nitrogen and oxygen atoms in total. The van der Waals surface area contributed by atoms with Gasteiger partial charge in [0.15, 0.2) is 11.5 Å². The third-order valence-corrected chi connectivity index (χ3v) is 10.9. The molecule has 0 bridgehead atoms. The third kappa shape index (κ3) is 7.47. The van der Waals surface area contributed by atoms with Crippen LogP contribution in [-0.2, 0) is 43.2 Å². The fraction of sp³-hybridized carbons (Fsp3) is 0.419. The van der Waals surface area contributed by atoms with Crippen molar-refractivity contribution in [1.29, 1.82) is 0 Å². The minimum absolute atomic E-state index is 0. The Balaban J connectivity index is 0.000000260. The molecule has 6 heteroatoms. The Morgan fingerprint density at radius 2 is 1.49 bits per heavy atom. The molecule has 1 aliphatic carbocycles. The maximum atomic E-state index is 12.2. The van der Waals surface area contributed by atoms with Gasteiger partial charge >= 0.3 is 0 Å². The molecule has 1 aliphatic rings. The number of aryl methyl sites for hydroxylation is 2. The molecule has 49 heavy (non-hydrogen) atoms. The molecular formula is C43H51IrN2O3-. The van der Waals surface area contributed by atoms with Crippen LogP contribution in [0, 0.1) is 16.9 Å². The van der Waals surface area contributed by atoms with Crippen molar-refractivity contribution in [1.82, 2.24) is 9.97 Å². The Hall–Kier alpha value is -3.60. The first-order valence-corrected chi connectivity index (χ1v) is 17.6. The van der Waals surface area contributed by atoms with E-state index in [1.165, 1.54) is 28.2 Å². The van der Waals surface area contributed by atoms with E-state index in [-0.39, 0.29) is 47.9 Å². The van der Waals surface area contributed by atoms with Crippen LogP contribution in [0.25, 0.3) is 44.5 Å². The molecule has 3 heterocycles. The van der Waals surface area contributed by atoms with Crippen LogP contribution in [0.2, 0.25) is 0 Å². The number of pyridine rings is 2. The van der Waals surface area contributed by atoms with Crippen LogP contribution in [0.3, 0.4) is 0 Å². The third-order valence-electron chi connectivity index (χ3n) is 10.9. The average Bonchev–Trinajstić information content (AvgIpc) is 3.49. The van der Waals surface area contributed by atoms with Crippen LogP contribution >= 0.6 is 0 Å². The van der Waals surface area contributed by atoms with Gasteiger partial charge in [0.25, 0.3) is 0 Å². The summed E-state index contributed by atoms with van der Waals surface area (Å²) >= 11 is 0. The van der Waals surface area contributed by atoms with E-state index in [9.17, 15) is 9.90 Å². The molecule has 0 amide bonds. The summed E-state index contributed by atoms with van der Waals surface area (Å²) in [5, 5.41) is 13.6. The number of hydrogen-bond donors (Lipinski definition) is 1. The van der Waals surface area contributed by atoms with E-state index < -0.39 is 0 Å². The maximum absolute atomic E-state index is 12.2. The number of carbonyl (C=O) groups excluding carboxylic acids is 1. The number of aliphatic hydroxyl groups is 1. The van der Waals surface area contributed by atoms with Gasteiger partial charge in [0.1, 0.15) is 17.0 Å². The first kappa shape index (κ1) is 38.2. The second-order valence-corrected chi connectivity index (χ2v) is 14.8. The number of benzene rings is 2. The normalized spacial score (nSPS) is 13.3.